The molecule has 3 unspecified atom stereocenters. The monoisotopic (exact) mass is 632 g/mol. The SMILES string of the molecule is C=CCCCOC(=O)[C@H]1[C@H]2C(=O)N([C@@H](CO)C(C)C)C(C(=O)N(CC=C)c3cc(C)ccc3C)C23CC(Br)[C@@H]1S3. The quantitative estimate of drug-likeness (QED) is 0.154. The smallest absolute Gasteiger partial charge is 0.310 e. The predicted octanol–water partition coefficient (Wildman–Crippen LogP) is 4.81. The van der Waals surface area contributed by atoms with Crippen molar-refractivity contribution in [2.24, 2.45) is 17.8 Å². The van der Waals surface area contributed by atoms with Crippen molar-refractivity contribution in [3.8, 4) is 0 Å². The summed E-state index contributed by atoms with van der Waals surface area (Å²) in [5, 5.41) is 10.3. The number of amides is 2. The van der Waals surface area contributed by atoms with Crippen LogP contribution in [0.1, 0.15) is 44.2 Å². The molecular formula is C31H41BrN2O5S. The first kappa shape index (κ1) is 30.8. The molecule has 7 atom stereocenters. The van der Waals surface area contributed by atoms with Crippen molar-refractivity contribution in [2.45, 2.75) is 73.9 Å². The number of fused-ring (bicyclic) bond motifs is 1. The molecule has 0 saturated carbocycles. The summed E-state index contributed by atoms with van der Waals surface area (Å²) >= 11 is 5.38. The first-order valence-electron chi connectivity index (χ1n) is 14.1. The van der Waals surface area contributed by atoms with Crippen molar-refractivity contribution in [1.82, 2.24) is 4.90 Å². The number of esters is 1. The summed E-state index contributed by atoms with van der Waals surface area (Å²) in [5.74, 6) is -2.31. The highest BCUT2D eigenvalue weighted by molar-refractivity contribution is 9.09. The molecule has 0 aromatic heterocycles. The van der Waals surface area contributed by atoms with Crippen LogP contribution in [-0.2, 0) is 19.1 Å². The minimum absolute atomic E-state index is 0.0530. The molecule has 3 fully saturated rings. The molecule has 3 aliphatic rings. The van der Waals surface area contributed by atoms with E-state index in [4.69, 9.17) is 4.74 Å². The topological polar surface area (TPSA) is 87.1 Å². The van der Waals surface area contributed by atoms with E-state index < -0.39 is 28.7 Å². The second-order valence-corrected chi connectivity index (χ2v) is 14.2. The van der Waals surface area contributed by atoms with E-state index >= 15 is 0 Å². The third kappa shape index (κ3) is 5.18. The standard InChI is InChI=1S/C31H41BrN2O5S/c1-7-9-10-14-39-30(38)24-25-28(36)34(23(17-35)18(3)4)27(31(25)16-21(32)26(24)40-31)29(37)33(13-8-2)22-15-19(5)11-12-20(22)6/h7-8,11-12,15,18,21,23-27,35H,1-2,9-10,13-14,16-17H2,3-6H3/t21?,23-,24-,25-,26-,27?,31?/m0/s1. The van der Waals surface area contributed by atoms with E-state index in [1.165, 1.54) is 0 Å². The van der Waals surface area contributed by atoms with E-state index in [9.17, 15) is 19.5 Å². The van der Waals surface area contributed by atoms with Crippen LogP contribution in [0, 0.1) is 31.6 Å². The predicted molar refractivity (Wildman–Crippen MR) is 164 cm³/mol. The fourth-order valence-electron chi connectivity index (χ4n) is 6.68. The molecular weight excluding hydrogens is 592 g/mol. The summed E-state index contributed by atoms with van der Waals surface area (Å²) in [6, 6.07) is 4.56. The number of likely N-dealkylation sites (tertiary alicyclic amines) is 1. The minimum Gasteiger partial charge on any atom is -0.465 e. The Balaban J connectivity index is 1.81. The normalized spacial score (nSPS) is 29.4. The lowest BCUT2D eigenvalue weighted by Gasteiger charge is -2.41. The zero-order valence-electron chi connectivity index (χ0n) is 23.8. The molecule has 1 aromatic carbocycles. The average Bonchev–Trinajstić information content (AvgIpc) is 3.50. The molecule has 1 aromatic rings. The number of allylic oxidation sites excluding steroid dienone is 1. The number of carbonyl (C=O) groups is 3. The highest BCUT2D eigenvalue weighted by Crippen LogP contribution is 2.68. The molecule has 0 aliphatic carbocycles. The van der Waals surface area contributed by atoms with Gasteiger partial charge in [-0.25, -0.2) is 0 Å². The summed E-state index contributed by atoms with van der Waals surface area (Å²) in [5.41, 5.74) is 2.73. The van der Waals surface area contributed by atoms with Crippen LogP contribution in [0.5, 0.6) is 0 Å². The Kier molecular flexibility index (Phi) is 9.57. The van der Waals surface area contributed by atoms with Crippen LogP contribution >= 0.6 is 27.7 Å². The number of aliphatic hydroxyl groups excluding tert-OH is 1. The first-order valence-corrected chi connectivity index (χ1v) is 15.9. The van der Waals surface area contributed by atoms with Gasteiger partial charge in [0.1, 0.15) is 6.04 Å². The van der Waals surface area contributed by atoms with Gasteiger partial charge in [-0.2, -0.15) is 0 Å². The van der Waals surface area contributed by atoms with Crippen LogP contribution in [0.3, 0.4) is 0 Å². The molecule has 218 valence electrons. The maximum atomic E-state index is 14.8. The summed E-state index contributed by atoms with van der Waals surface area (Å²) in [4.78, 5) is 46.0. The number of hydrogen-bond acceptors (Lipinski definition) is 6. The van der Waals surface area contributed by atoms with Gasteiger partial charge in [0, 0.05) is 22.3 Å². The number of thioether (sulfide) groups is 1. The van der Waals surface area contributed by atoms with Crippen LogP contribution in [0.15, 0.2) is 43.5 Å². The van der Waals surface area contributed by atoms with Crippen LogP contribution in [-0.4, -0.2) is 74.5 Å². The molecule has 2 bridgehead atoms. The van der Waals surface area contributed by atoms with Gasteiger partial charge in [0.05, 0.1) is 35.8 Å². The molecule has 9 heteroatoms. The van der Waals surface area contributed by atoms with Gasteiger partial charge in [0.15, 0.2) is 0 Å². The fourth-order valence-corrected chi connectivity index (χ4v) is 10.3. The number of alkyl halides is 1. The molecule has 3 aliphatic heterocycles. The van der Waals surface area contributed by atoms with E-state index in [1.807, 2.05) is 45.9 Å². The van der Waals surface area contributed by atoms with Gasteiger partial charge in [-0.1, -0.05) is 54.1 Å². The van der Waals surface area contributed by atoms with Gasteiger partial charge in [0.25, 0.3) is 5.91 Å². The lowest BCUT2D eigenvalue weighted by atomic mass is 9.71. The van der Waals surface area contributed by atoms with Crippen LogP contribution in [0.2, 0.25) is 0 Å². The molecule has 4 rings (SSSR count). The molecule has 7 nitrogen and oxygen atoms in total. The Bertz CT molecular complexity index is 1170. The van der Waals surface area contributed by atoms with Crippen LogP contribution in [0.25, 0.3) is 0 Å². The molecule has 1 spiro atoms. The van der Waals surface area contributed by atoms with E-state index in [2.05, 4.69) is 29.1 Å². The number of nitrogens with zero attached hydrogens (tertiary/aromatic N) is 2. The Morgan fingerprint density at radius 1 is 1.30 bits per heavy atom. The summed E-state index contributed by atoms with van der Waals surface area (Å²) < 4.78 is 4.86. The number of aryl methyl sites for hydroxylation is 2. The van der Waals surface area contributed by atoms with Crippen molar-refractivity contribution in [3.63, 3.8) is 0 Å². The Labute approximate surface area is 250 Å². The Hall–Kier alpha value is -2.10. The van der Waals surface area contributed by atoms with Crippen LogP contribution in [0.4, 0.5) is 5.69 Å². The average molecular weight is 634 g/mol. The van der Waals surface area contributed by atoms with Gasteiger partial charge in [0.2, 0.25) is 5.91 Å². The molecule has 0 radical (unpaired) electrons. The number of carbonyl (C=O) groups excluding carboxylic acids is 3. The molecule has 40 heavy (non-hydrogen) atoms. The van der Waals surface area contributed by atoms with Crippen molar-refractivity contribution in [1.29, 1.82) is 0 Å². The number of aliphatic hydroxyl groups is 1. The first-order chi connectivity index (χ1) is 19.0. The highest BCUT2D eigenvalue weighted by Gasteiger charge is 2.76. The minimum atomic E-state index is -0.849. The molecule has 2 amide bonds. The highest BCUT2D eigenvalue weighted by atomic mass is 79.9. The number of halogens is 1. The zero-order chi connectivity index (χ0) is 29.4. The largest absolute Gasteiger partial charge is 0.465 e. The second kappa shape index (κ2) is 12.4. The number of anilines is 1. The lowest BCUT2D eigenvalue weighted by Crippen LogP contribution is -2.59. The number of rotatable bonds is 12. The number of unbranched alkanes of at least 4 members (excludes halogenated alkanes) is 1. The van der Waals surface area contributed by atoms with E-state index in [0.717, 1.165) is 23.2 Å². The van der Waals surface area contributed by atoms with E-state index in [-0.39, 0.29) is 53.5 Å². The third-order valence-electron chi connectivity index (χ3n) is 8.58. The van der Waals surface area contributed by atoms with Crippen molar-refractivity contribution in [2.75, 3.05) is 24.7 Å². The van der Waals surface area contributed by atoms with E-state index in [0.29, 0.717) is 12.8 Å². The summed E-state index contributed by atoms with van der Waals surface area (Å²) in [6.45, 7) is 15.7. The fraction of sp³-hybridized carbons (Fsp3) is 0.581. The lowest BCUT2D eigenvalue weighted by molar-refractivity contribution is -0.154. The number of hydrogen-bond donors (Lipinski definition) is 1. The maximum absolute atomic E-state index is 14.8. The molecule has 1 N–H and O–H groups in total. The van der Waals surface area contributed by atoms with E-state index in [1.54, 1.807) is 33.7 Å². The Morgan fingerprint density at radius 3 is 2.65 bits per heavy atom. The van der Waals surface area contributed by atoms with Crippen molar-refractivity contribution < 1.29 is 24.2 Å². The molecule has 3 saturated heterocycles. The van der Waals surface area contributed by atoms with Gasteiger partial charge in [-0.3, -0.25) is 14.4 Å². The van der Waals surface area contributed by atoms with Crippen molar-refractivity contribution in [3.05, 3.63) is 54.6 Å². The van der Waals surface area contributed by atoms with Crippen molar-refractivity contribution >= 4 is 51.2 Å². The second-order valence-electron chi connectivity index (χ2n) is 11.5. The third-order valence-corrected chi connectivity index (χ3v) is 11.8. The summed E-state index contributed by atoms with van der Waals surface area (Å²) in [6.07, 6.45) is 5.44. The van der Waals surface area contributed by atoms with Gasteiger partial charge < -0.3 is 19.6 Å². The van der Waals surface area contributed by atoms with Gasteiger partial charge in [-0.15, -0.1) is 24.9 Å². The Morgan fingerprint density at radius 2 is 2.02 bits per heavy atom. The van der Waals surface area contributed by atoms with Gasteiger partial charge >= 0.3 is 5.97 Å². The number of ether oxygens (including phenoxy) is 1. The number of benzene rings is 1. The van der Waals surface area contributed by atoms with Gasteiger partial charge in [-0.05, 0) is 56.2 Å². The summed E-state index contributed by atoms with van der Waals surface area (Å²) in [7, 11) is 0. The van der Waals surface area contributed by atoms with Crippen LogP contribution < -0.4 is 4.90 Å². The zero-order valence-corrected chi connectivity index (χ0v) is 26.2. The maximum Gasteiger partial charge on any atom is 0.310 e. The molecule has 3 heterocycles.